The summed E-state index contributed by atoms with van der Waals surface area (Å²) in [5, 5.41) is 0. The summed E-state index contributed by atoms with van der Waals surface area (Å²) in [5.41, 5.74) is 0. The van der Waals surface area contributed by atoms with E-state index in [1.54, 1.807) is 0 Å². The van der Waals surface area contributed by atoms with E-state index in [-0.39, 0.29) is 50.2 Å². The molecule has 0 aliphatic rings. The fraction of sp³-hybridized carbons (Fsp3) is 0. The molecule has 4 nitrogen and oxygen atoms in total. The van der Waals surface area contributed by atoms with E-state index in [0.29, 0.717) is 0 Å². The average Bonchev–Trinajstić information content (AvgIpc) is 0. The van der Waals surface area contributed by atoms with Gasteiger partial charge < -0.3 is 31.3 Å². The minimum absolute atomic E-state index is 0. The first-order valence-electron chi connectivity index (χ1n) is 0. The van der Waals surface area contributed by atoms with Crippen LogP contribution in [0.1, 0.15) is 0 Å². The van der Waals surface area contributed by atoms with Gasteiger partial charge in [0.2, 0.25) is 0 Å². The van der Waals surface area contributed by atoms with Crippen LogP contribution in [-0.4, -0.2) is 21.9 Å². The molecule has 0 radical (unpaired) electrons. The van der Waals surface area contributed by atoms with Crippen molar-refractivity contribution in [2.45, 2.75) is 0 Å². The summed E-state index contributed by atoms with van der Waals surface area (Å²) in [5.74, 6) is 0. The summed E-state index contributed by atoms with van der Waals surface area (Å²) in [7, 11) is 0. The molecule has 0 atom stereocenters. The van der Waals surface area contributed by atoms with Gasteiger partial charge in [0.05, 0.1) is 0 Å². The summed E-state index contributed by atoms with van der Waals surface area (Å²) in [6.45, 7) is 0. The van der Waals surface area contributed by atoms with Gasteiger partial charge in [-0.3, -0.25) is 0 Å². The van der Waals surface area contributed by atoms with Crippen LogP contribution in [0.25, 0.3) is 0 Å². The third kappa shape index (κ3) is 1310. The van der Waals surface area contributed by atoms with Gasteiger partial charge in [-0.2, -0.15) is 0 Å². The van der Waals surface area contributed by atoms with Crippen LogP contribution >= 0.6 is 0 Å². The Hall–Kier alpha value is 0.297. The summed E-state index contributed by atoms with van der Waals surface area (Å²) in [6.07, 6.45) is 0. The van der Waals surface area contributed by atoms with Crippen LogP contribution in [0.5, 0.6) is 0 Å². The molecule has 0 rings (SSSR count). The SMILES string of the molecule is O.O.O.O.[F-].[F-].[Li+]. The molecule has 0 saturated carbocycles. The van der Waals surface area contributed by atoms with Gasteiger partial charge in [-0.25, -0.2) is 0 Å². The van der Waals surface area contributed by atoms with Gasteiger partial charge in [0.1, 0.15) is 0 Å². The zero-order valence-electron chi connectivity index (χ0n) is 3.76. The fourth-order valence-corrected chi connectivity index (χ4v) is 0. The average molecular weight is 117 g/mol. The smallest absolute Gasteiger partial charge is 1.00 e. The maximum absolute atomic E-state index is 0. The standard InChI is InChI=1S/2FH.Li.4H2O/h2*1H;;4*1H2/q;;+1;;;;/p-2. The Morgan fingerprint density at radius 2 is 0.429 bits per heavy atom. The van der Waals surface area contributed by atoms with E-state index in [2.05, 4.69) is 0 Å². The topological polar surface area (TPSA) is 126 Å². The van der Waals surface area contributed by atoms with E-state index in [4.69, 9.17) is 0 Å². The Bertz CT molecular complexity index is 9.65. The predicted octanol–water partition coefficient (Wildman–Crippen LogP) is -12.3. The molecule has 8 N–H and O–H groups in total. The van der Waals surface area contributed by atoms with Gasteiger partial charge in [0, 0.05) is 0 Å². The van der Waals surface area contributed by atoms with Crippen LogP contribution < -0.4 is 28.3 Å². The van der Waals surface area contributed by atoms with E-state index in [0.717, 1.165) is 0 Å². The Balaban J connectivity index is 0. The first kappa shape index (κ1) is 3270. The molecule has 0 aliphatic carbocycles. The summed E-state index contributed by atoms with van der Waals surface area (Å²) in [4.78, 5) is 0. The normalized spacial score (nSPS) is 0. The zero-order valence-corrected chi connectivity index (χ0v) is 3.76. The quantitative estimate of drug-likeness (QED) is 0.279. The number of hydrogen-bond acceptors (Lipinski definition) is 0. The van der Waals surface area contributed by atoms with E-state index < -0.39 is 0 Å². The van der Waals surface area contributed by atoms with Crippen molar-refractivity contribution >= 4 is 0 Å². The van der Waals surface area contributed by atoms with Crippen molar-refractivity contribution in [3.8, 4) is 0 Å². The van der Waals surface area contributed by atoms with Crippen molar-refractivity contribution in [1.82, 2.24) is 0 Å². The fourth-order valence-electron chi connectivity index (χ4n) is 0. The molecule has 7 heteroatoms. The van der Waals surface area contributed by atoms with Crippen LogP contribution in [0.4, 0.5) is 0 Å². The maximum atomic E-state index is 0. The molecule has 0 aliphatic heterocycles. The van der Waals surface area contributed by atoms with Crippen molar-refractivity contribution in [1.29, 1.82) is 0 Å². The van der Waals surface area contributed by atoms with Crippen LogP contribution in [0.2, 0.25) is 0 Å². The molecule has 0 spiro atoms. The van der Waals surface area contributed by atoms with Gasteiger partial charge in [-0.1, -0.05) is 0 Å². The number of rotatable bonds is 0. The van der Waals surface area contributed by atoms with Crippen molar-refractivity contribution < 1.29 is 50.2 Å². The Morgan fingerprint density at radius 1 is 0.429 bits per heavy atom. The molecule has 0 fully saturated rings. The molecule has 0 aromatic rings. The summed E-state index contributed by atoms with van der Waals surface area (Å²) < 4.78 is 0. The molecule has 0 saturated heterocycles. The summed E-state index contributed by atoms with van der Waals surface area (Å²) >= 11 is 0. The first-order chi connectivity index (χ1) is 0. The van der Waals surface area contributed by atoms with Gasteiger partial charge in [-0.15, -0.1) is 0 Å². The van der Waals surface area contributed by atoms with Crippen LogP contribution in [0.3, 0.4) is 0 Å². The molecule has 0 heterocycles. The van der Waals surface area contributed by atoms with Gasteiger partial charge in [0.25, 0.3) is 0 Å². The Labute approximate surface area is 51.0 Å². The van der Waals surface area contributed by atoms with Gasteiger partial charge in [-0.05, 0) is 0 Å². The Morgan fingerprint density at radius 3 is 0.429 bits per heavy atom. The molecule has 48 valence electrons. The van der Waals surface area contributed by atoms with Crippen molar-refractivity contribution in [3.63, 3.8) is 0 Å². The monoisotopic (exact) mass is 117 g/mol. The number of hydrogen-bond donors (Lipinski definition) is 0. The largest absolute Gasteiger partial charge is 1.00 e. The molecule has 7 heavy (non-hydrogen) atoms. The van der Waals surface area contributed by atoms with E-state index >= 15 is 0 Å². The third-order valence-corrected chi connectivity index (χ3v) is 0. The molecule has 0 unspecified atom stereocenters. The van der Waals surface area contributed by atoms with Crippen molar-refractivity contribution in [3.05, 3.63) is 0 Å². The van der Waals surface area contributed by atoms with E-state index in [1.165, 1.54) is 0 Å². The molecule has 0 amide bonds. The molecular formula is H8F2LiO4-. The van der Waals surface area contributed by atoms with Crippen LogP contribution in [0, 0.1) is 0 Å². The Kier molecular flexibility index (Phi) is 934000. The van der Waals surface area contributed by atoms with Crippen LogP contribution in [0.15, 0.2) is 0 Å². The van der Waals surface area contributed by atoms with Gasteiger partial charge in [0.15, 0.2) is 0 Å². The first-order valence-corrected chi connectivity index (χ1v) is 0. The minimum Gasteiger partial charge on any atom is -1.00 e. The van der Waals surface area contributed by atoms with Crippen molar-refractivity contribution in [2.75, 3.05) is 0 Å². The third-order valence-electron chi connectivity index (χ3n) is 0. The van der Waals surface area contributed by atoms with E-state index in [9.17, 15) is 0 Å². The molecule has 0 bridgehead atoms. The molecular weight excluding hydrogens is 109 g/mol. The minimum atomic E-state index is 0. The van der Waals surface area contributed by atoms with E-state index in [1.807, 2.05) is 0 Å². The second-order valence-electron chi connectivity index (χ2n) is 0. The molecule has 0 aromatic carbocycles. The van der Waals surface area contributed by atoms with Gasteiger partial charge >= 0.3 is 18.9 Å². The van der Waals surface area contributed by atoms with Crippen molar-refractivity contribution in [2.24, 2.45) is 0 Å². The second kappa shape index (κ2) is 2000. The maximum Gasteiger partial charge on any atom is 1.00 e. The van der Waals surface area contributed by atoms with Crippen LogP contribution in [-0.2, 0) is 0 Å². The molecule has 0 aromatic heterocycles. The zero-order chi connectivity index (χ0) is 0. The summed E-state index contributed by atoms with van der Waals surface area (Å²) in [6, 6.07) is 0. The number of halogens is 2. The predicted molar refractivity (Wildman–Crippen MR) is 14.5 cm³/mol. The second-order valence-corrected chi connectivity index (χ2v) is 0.